The smallest absolute Gasteiger partial charge is 0.341 e. The predicted molar refractivity (Wildman–Crippen MR) is 96.1 cm³/mol. The largest absolute Gasteiger partial charge is 0.497 e. The first-order chi connectivity index (χ1) is 12.8. The van der Waals surface area contributed by atoms with Gasteiger partial charge in [0.05, 0.1) is 12.0 Å². The molecule has 1 aliphatic heterocycles. The van der Waals surface area contributed by atoms with Crippen LogP contribution in [0, 0.1) is 0 Å². The van der Waals surface area contributed by atoms with Gasteiger partial charge in [-0.1, -0.05) is 6.07 Å². The number of aromatic nitrogens is 3. The summed E-state index contributed by atoms with van der Waals surface area (Å²) in [5.41, 5.74) is -0.571. The molecule has 2 heterocycles. The molecule has 0 radical (unpaired) electrons. The van der Waals surface area contributed by atoms with Crippen LogP contribution in [0.15, 0.2) is 34.0 Å². The number of aromatic amines is 2. The van der Waals surface area contributed by atoms with E-state index in [4.69, 9.17) is 4.74 Å². The number of piperazine rings is 1. The zero-order chi connectivity index (χ0) is 19.8. The van der Waals surface area contributed by atoms with Crippen LogP contribution < -0.4 is 10.4 Å². The van der Waals surface area contributed by atoms with E-state index in [1.165, 1.54) is 28.4 Å². The van der Waals surface area contributed by atoms with E-state index in [1.807, 2.05) is 0 Å². The molecule has 11 heteroatoms. The number of sulfonamides is 1. The molecule has 146 valence electrons. The van der Waals surface area contributed by atoms with Crippen molar-refractivity contribution in [2.24, 2.45) is 0 Å². The molecule has 0 saturated carbocycles. The summed E-state index contributed by atoms with van der Waals surface area (Å²) in [6.07, 6.45) is 0. The van der Waals surface area contributed by atoms with Gasteiger partial charge >= 0.3 is 5.69 Å². The number of amides is 1. The highest BCUT2D eigenvalue weighted by molar-refractivity contribution is 7.89. The van der Waals surface area contributed by atoms with Crippen molar-refractivity contribution in [2.75, 3.05) is 20.2 Å². The fourth-order valence-corrected chi connectivity index (χ4v) is 4.87. The van der Waals surface area contributed by atoms with Gasteiger partial charge in [-0.15, -0.1) is 5.10 Å². The molecule has 1 aliphatic rings. The zero-order valence-electron chi connectivity index (χ0n) is 15.2. The number of benzene rings is 1. The summed E-state index contributed by atoms with van der Waals surface area (Å²) >= 11 is 0. The van der Waals surface area contributed by atoms with E-state index >= 15 is 0 Å². The molecular weight excluding hydrogens is 374 g/mol. The maximum absolute atomic E-state index is 13.1. The molecular formula is C16H21N5O5S. The number of ether oxygens (including phenoxy) is 1. The van der Waals surface area contributed by atoms with Crippen molar-refractivity contribution in [3.63, 3.8) is 0 Å². The molecule has 2 N–H and O–H groups in total. The highest BCUT2D eigenvalue weighted by atomic mass is 32.2. The molecule has 1 aromatic heterocycles. The second-order valence-corrected chi connectivity index (χ2v) is 8.19. The third-order valence-electron chi connectivity index (χ3n) is 4.82. The number of carbonyl (C=O) groups is 1. The van der Waals surface area contributed by atoms with Crippen molar-refractivity contribution in [2.45, 2.75) is 30.8 Å². The first kappa shape index (κ1) is 19.1. The van der Waals surface area contributed by atoms with E-state index in [2.05, 4.69) is 15.2 Å². The molecule has 1 saturated heterocycles. The summed E-state index contributed by atoms with van der Waals surface area (Å²) in [6.45, 7) is 3.82. The molecule has 2 aromatic rings. The zero-order valence-corrected chi connectivity index (χ0v) is 16.0. The van der Waals surface area contributed by atoms with E-state index in [9.17, 15) is 18.0 Å². The van der Waals surface area contributed by atoms with Gasteiger partial charge in [0.15, 0.2) is 0 Å². The van der Waals surface area contributed by atoms with Gasteiger partial charge in [-0.2, -0.15) is 4.31 Å². The number of hydrogen-bond acceptors (Lipinski definition) is 6. The van der Waals surface area contributed by atoms with Crippen LogP contribution in [0.3, 0.4) is 0 Å². The Morgan fingerprint density at radius 3 is 2.63 bits per heavy atom. The van der Waals surface area contributed by atoms with Gasteiger partial charge in [0.2, 0.25) is 15.8 Å². The number of nitrogens with zero attached hydrogens (tertiary/aromatic N) is 3. The third-order valence-corrected chi connectivity index (χ3v) is 6.80. The summed E-state index contributed by atoms with van der Waals surface area (Å²) in [5, 5.41) is 5.81. The number of hydrogen-bond donors (Lipinski definition) is 2. The Hall–Kier alpha value is -2.66. The van der Waals surface area contributed by atoms with E-state index in [1.54, 1.807) is 26.0 Å². The van der Waals surface area contributed by atoms with Crippen LogP contribution in [0.5, 0.6) is 5.75 Å². The monoisotopic (exact) mass is 395 g/mol. The minimum atomic E-state index is -3.75. The normalized spacial score (nSPS) is 21.2. The molecule has 1 amide bonds. The number of rotatable bonds is 4. The number of carbonyl (C=O) groups excluding carboxylic acids is 1. The van der Waals surface area contributed by atoms with Crippen LogP contribution in [0.25, 0.3) is 0 Å². The second-order valence-electron chi connectivity index (χ2n) is 6.30. The highest BCUT2D eigenvalue weighted by Crippen LogP contribution is 2.27. The van der Waals surface area contributed by atoms with Crippen LogP contribution in [-0.4, -0.2) is 71.0 Å². The van der Waals surface area contributed by atoms with Crippen molar-refractivity contribution in [1.29, 1.82) is 0 Å². The van der Waals surface area contributed by atoms with Crippen molar-refractivity contribution >= 4 is 15.9 Å². The first-order valence-electron chi connectivity index (χ1n) is 8.37. The maximum atomic E-state index is 13.1. The molecule has 0 bridgehead atoms. The van der Waals surface area contributed by atoms with Crippen LogP contribution in [0.1, 0.15) is 24.5 Å². The van der Waals surface area contributed by atoms with E-state index < -0.39 is 33.7 Å². The first-order valence-corrected chi connectivity index (χ1v) is 9.81. The van der Waals surface area contributed by atoms with Crippen LogP contribution in [-0.2, 0) is 10.0 Å². The van der Waals surface area contributed by atoms with Gasteiger partial charge in [0.25, 0.3) is 5.91 Å². The Kier molecular flexibility index (Phi) is 5.07. The topological polar surface area (TPSA) is 128 Å². The Bertz CT molecular complexity index is 998. The summed E-state index contributed by atoms with van der Waals surface area (Å²) in [6, 6.07) is 5.40. The lowest BCUT2D eigenvalue weighted by Crippen LogP contribution is -2.60. The molecule has 2 atom stereocenters. The molecule has 1 fully saturated rings. The average Bonchev–Trinajstić information content (AvgIpc) is 3.09. The van der Waals surface area contributed by atoms with Crippen molar-refractivity contribution in [3.8, 4) is 5.75 Å². The molecule has 3 rings (SSSR count). The molecule has 1 aromatic carbocycles. The minimum Gasteiger partial charge on any atom is -0.497 e. The number of H-pyrrole nitrogens is 2. The van der Waals surface area contributed by atoms with Gasteiger partial charge in [0.1, 0.15) is 5.75 Å². The van der Waals surface area contributed by atoms with Gasteiger partial charge < -0.3 is 9.64 Å². The van der Waals surface area contributed by atoms with Crippen LogP contribution >= 0.6 is 0 Å². The minimum absolute atomic E-state index is 0.0943. The lowest BCUT2D eigenvalue weighted by atomic mass is 10.1. The SMILES string of the molecule is COc1cccc(S(=O)(=O)N2CCN(C(=O)c3n[nH]c(=O)[nH]3)[C@@H](C)[C@H]2C)c1. The number of nitrogens with one attached hydrogen (secondary N) is 2. The van der Waals surface area contributed by atoms with E-state index in [0.29, 0.717) is 5.75 Å². The second kappa shape index (κ2) is 7.16. The Balaban J connectivity index is 1.84. The summed E-state index contributed by atoms with van der Waals surface area (Å²) in [5.74, 6) is -0.0950. The quantitative estimate of drug-likeness (QED) is 0.752. The Morgan fingerprint density at radius 2 is 2.00 bits per heavy atom. The van der Waals surface area contributed by atoms with Gasteiger partial charge in [-0.3, -0.25) is 9.78 Å². The lowest BCUT2D eigenvalue weighted by molar-refractivity contribution is 0.0471. The van der Waals surface area contributed by atoms with Crippen molar-refractivity contribution < 1.29 is 17.9 Å². The third kappa shape index (κ3) is 3.47. The fourth-order valence-electron chi connectivity index (χ4n) is 3.14. The van der Waals surface area contributed by atoms with Gasteiger partial charge in [-0.05, 0) is 26.0 Å². The summed E-state index contributed by atoms with van der Waals surface area (Å²) < 4.78 is 32.6. The lowest BCUT2D eigenvalue weighted by Gasteiger charge is -2.43. The van der Waals surface area contributed by atoms with E-state index in [-0.39, 0.29) is 23.8 Å². The predicted octanol–water partition coefficient (Wildman–Crippen LogP) is 0.0303. The average molecular weight is 395 g/mol. The number of methoxy groups -OCH3 is 1. The van der Waals surface area contributed by atoms with Crippen molar-refractivity contribution in [3.05, 3.63) is 40.6 Å². The molecule has 0 unspecified atom stereocenters. The Morgan fingerprint density at radius 1 is 1.26 bits per heavy atom. The summed E-state index contributed by atoms with van der Waals surface area (Å²) in [4.78, 5) is 27.7. The standard InChI is InChI=1S/C16H21N5O5S/c1-10-11(2)21(27(24,25)13-6-4-5-12(9-13)26-3)8-7-20(10)15(22)14-17-16(23)19-18-14/h4-6,9-11H,7-8H2,1-3H3,(H2,17,18,19,23)/t10-,11+/m0/s1. The van der Waals surface area contributed by atoms with Gasteiger partial charge in [0, 0.05) is 31.2 Å². The van der Waals surface area contributed by atoms with Gasteiger partial charge in [-0.25, -0.2) is 18.3 Å². The van der Waals surface area contributed by atoms with E-state index in [0.717, 1.165) is 0 Å². The highest BCUT2D eigenvalue weighted by Gasteiger charge is 2.40. The van der Waals surface area contributed by atoms with Crippen LogP contribution in [0.4, 0.5) is 0 Å². The molecule has 0 aliphatic carbocycles. The maximum Gasteiger partial charge on any atom is 0.341 e. The van der Waals surface area contributed by atoms with Crippen LogP contribution in [0.2, 0.25) is 0 Å². The fraction of sp³-hybridized carbons (Fsp3) is 0.438. The molecule has 10 nitrogen and oxygen atoms in total. The summed E-state index contributed by atoms with van der Waals surface area (Å²) in [7, 11) is -2.28. The Labute approximate surface area is 156 Å². The molecule has 0 spiro atoms. The van der Waals surface area contributed by atoms with Crippen molar-refractivity contribution in [1.82, 2.24) is 24.4 Å². The molecule has 27 heavy (non-hydrogen) atoms.